The van der Waals surface area contributed by atoms with Crippen molar-refractivity contribution in [1.82, 2.24) is 4.90 Å². The third-order valence-electron chi connectivity index (χ3n) is 3.43. The molecule has 0 aliphatic heterocycles. The molecule has 1 amide bonds. The van der Waals surface area contributed by atoms with Crippen LogP contribution < -0.4 is 0 Å². The number of hydrogen-bond donors (Lipinski definition) is 1. The number of aliphatic hydroxyl groups is 1. The SMILES string of the molecule is CCN(CCOCCO)C(=O)C1(C#N)CC(C)C1. The Balaban J connectivity index is 2.49. The Labute approximate surface area is 108 Å². The number of likely N-dealkylation sites (N-methyl/N-ethyl adjacent to an activating group) is 1. The molecule has 0 bridgehead atoms. The molecule has 0 atom stereocenters. The molecule has 5 nitrogen and oxygen atoms in total. The summed E-state index contributed by atoms with van der Waals surface area (Å²) in [6.45, 7) is 5.69. The Morgan fingerprint density at radius 1 is 1.56 bits per heavy atom. The molecule has 0 saturated heterocycles. The largest absolute Gasteiger partial charge is 0.394 e. The minimum absolute atomic E-state index is 0.0142. The standard InChI is InChI=1S/C13H22N2O3/c1-3-15(4-6-18-7-5-16)12(17)13(10-14)8-11(2)9-13/h11,16H,3-9H2,1-2H3. The molecule has 0 radical (unpaired) electrons. The van der Waals surface area contributed by atoms with Crippen LogP contribution in [0.5, 0.6) is 0 Å². The fourth-order valence-corrected chi connectivity index (χ4v) is 2.49. The van der Waals surface area contributed by atoms with E-state index in [9.17, 15) is 10.1 Å². The first-order valence-corrected chi connectivity index (χ1v) is 6.49. The Bertz CT molecular complexity index is 319. The summed E-state index contributed by atoms with van der Waals surface area (Å²) in [4.78, 5) is 14.0. The molecule has 1 saturated carbocycles. The van der Waals surface area contributed by atoms with Gasteiger partial charge in [0.25, 0.3) is 0 Å². The molecule has 1 aliphatic rings. The maximum Gasteiger partial charge on any atom is 0.243 e. The lowest BCUT2D eigenvalue weighted by molar-refractivity contribution is -0.145. The van der Waals surface area contributed by atoms with Crippen LogP contribution in [0.1, 0.15) is 26.7 Å². The summed E-state index contributed by atoms with van der Waals surface area (Å²) in [5.41, 5.74) is -0.799. The highest BCUT2D eigenvalue weighted by atomic mass is 16.5. The third kappa shape index (κ3) is 3.21. The zero-order valence-electron chi connectivity index (χ0n) is 11.2. The quantitative estimate of drug-likeness (QED) is 0.681. The molecule has 1 N–H and O–H groups in total. The van der Waals surface area contributed by atoms with Crippen molar-refractivity contribution in [2.75, 3.05) is 32.9 Å². The molecule has 0 aromatic carbocycles. The number of nitriles is 1. The van der Waals surface area contributed by atoms with Crippen LogP contribution in [-0.2, 0) is 9.53 Å². The van der Waals surface area contributed by atoms with Crippen molar-refractivity contribution in [3.05, 3.63) is 0 Å². The third-order valence-corrected chi connectivity index (χ3v) is 3.43. The molecule has 0 spiro atoms. The summed E-state index contributed by atoms with van der Waals surface area (Å²) in [7, 11) is 0. The Morgan fingerprint density at radius 3 is 2.67 bits per heavy atom. The highest BCUT2D eigenvalue weighted by Gasteiger charge is 2.50. The lowest BCUT2D eigenvalue weighted by atomic mass is 9.62. The lowest BCUT2D eigenvalue weighted by Gasteiger charge is -2.42. The molecular weight excluding hydrogens is 232 g/mol. The van der Waals surface area contributed by atoms with E-state index in [1.165, 1.54) is 0 Å². The van der Waals surface area contributed by atoms with E-state index < -0.39 is 5.41 Å². The second kappa shape index (κ2) is 6.72. The maximum absolute atomic E-state index is 12.3. The maximum atomic E-state index is 12.3. The average molecular weight is 254 g/mol. The minimum atomic E-state index is -0.799. The number of hydrogen-bond acceptors (Lipinski definition) is 4. The summed E-state index contributed by atoms with van der Waals surface area (Å²) >= 11 is 0. The second-order valence-corrected chi connectivity index (χ2v) is 4.93. The molecule has 18 heavy (non-hydrogen) atoms. The zero-order valence-corrected chi connectivity index (χ0v) is 11.2. The van der Waals surface area contributed by atoms with Crippen molar-refractivity contribution in [1.29, 1.82) is 5.26 Å². The fourth-order valence-electron chi connectivity index (χ4n) is 2.49. The topological polar surface area (TPSA) is 73.6 Å². The normalized spacial score (nSPS) is 26.2. The predicted octanol–water partition coefficient (Wildman–Crippen LogP) is 0.784. The van der Waals surface area contributed by atoms with E-state index in [0.29, 0.717) is 38.5 Å². The molecule has 1 aliphatic carbocycles. The van der Waals surface area contributed by atoms with Crippen LogP contribution in [0.15, 0.2) is 0 Å². The predicted molar refractivity (Wildman–Crippen MR) is 66.6 cm³/mol. The molecule has 0 aromatic heterocycles. The molecule has 1 rings (SSSR count). The number of nitrogens with zero attached hydrogens (tertiary/aromatic N) is 2. The number of rotatable bonds is 7. The lowest BCUT2D eigenvalue weighted by Crippen LogP contribution is -2.50. The van der Waals surface area contributed by atoms with Gasteiger partial charge in [-0.05, 0) is 25.7 Å². The smallest absolute Gasteiger partial charge is 0.243 e. The van der Waals surface area contributed by atoms with E-state index in [1.54, 1.807) is 4.90 Å². The van der Waals surface area contributed by atoms with Crippen LogP contribution in [-0.4, -0.2) is 48.8 Å². The molecular formula is C13H22N2O3. The highest BCUT2D eigenvalue weighted by Crippen LogP contribution is 2.46. The number of carbonyl (C=O) groups is 1. The van der Waals surface area contributed by atoms with Gasteiger partial charge in [0.05, 0.1) is 25.9 Å². The van der Waals surface area contributed by atoms with Gasteiger partial charge in [-0.1, -0.05) is 6.92 Å². The summed E-state index contributed by atoms with van der Waals surface area (Å²) in [6, 6.07) is 2.19. The highest BCUT2D eigenvalue weighted by molar-refractivity contribution is 5.86. The van der Waals surface area contributed by atoms with Gasteiger partial charge in [0.2, 0.25) is 5.91 Å². The van der Waals surface area contributed by atoms with E-state index in [4.69, 9.17) is 9.84 Å². The first-order valence-electron chi connectivity index (χ1n) is 6.49. The molecule has 0 heterocycles. The van der Waals surface area contributed by atoms with Gasteiger partial charge in [-0.25, -0.2) is 0 Å². The van der Waals surface area contributed by atoms with E-state index in [-0.39, 0.29) is 19.1 Å². The van der Waals surface area contributed by atoms with E-state index >= 15 is 0 Å². The monoisotopic (exact) mass is 254 g/mol. The van der Waals surface area contributed by atoms with Crippen molar-refractivity contribution in [3.63, 3.8) is 0 Å². The van der Waals surface area contributed by atoms with E-state index in [0.717, 1.165) is 0 Å². The minimum Gasteiger partial charge on any atom is -0.394 e. The van der Waals surface area contributed by atoms with Gasteiger partial charge in [-0.15, -0.1) is 0 Å². The van der Waals surface area contributed by atoms with Crippen LogP contribution in [0, 0.1) is 22.7 Å². The van der Waals surface area contributed by atoms with Gasteiger partial charge in [0.1, 0.15) is 5.41 Å². The number of amides is 1. The van der Waals surface area contributed by atoms with Crippen molar-refractivity contribution >= 4 is 5.91 Å². The van der Waals surface area contributed by atoms with Gasteiger partial charge < -0.3 is 14.7 Å². The number of carbonyl (C=O) groups excluding carboxylic acids is 1. The Kier molecular flexibility index (Phi) is 5.57. The van der Waals surface area contributed by atoms with Crippen LogP contribution in [0.25, 0.3) is 0 Å². The van der Waals surface area contributed by atoms with Gasteiger partial charge in [-0.3, -0.25) is 4.79 Å². The first-order chi connectivity index (χ1) is 8.59. The van der Waals surface area contributed by atoms with E-state index in [1.807, 2.05) is 6.92 Å². The Hall–Kier alpha value is -1.12. The number of ether oxygens (including phenoxy) is 1. The van der Waals surface area contributed by atoms with Crippen LogP contribution >= 0.6 is 0 Å². The molecule has 0 aromatic rings. The van der Waals surface area contributed by atoms with Crippen LogP contribution in [0.2, 0.25) is 0 Å². The van der Waals surface area contributed by atoms with Crippen molar-refractivity contribution in [2.45, 2.75) is 26.7 Å². The van der Waals surface area contributed by atoms with Gasteiger partial charge in [0, 0.05) is 13.1 Å². The summed E-state index contributed by atoms with van der Waals surface area (Å²) in [5.74, 6) is 0.385. The molecule has 102 valence electrons. The first kappa shape index (κ1) is 14.9. The van der Waals surface area contributed by atoms with Crippen molar-refractivity contribution in [2.24, 2.45) is 11.3 Å². The van der Waals surface area contributed by atoms with Crippen molar-refractivity contribution in [3.8, 4) is 6.07 Å². The van der Waals surface area contributed by atoms with Gasteiger partial charge >= 0.3 is 0 Å². The molecule has 0 unspecified atom stereocenters. The molecule has 1 fully saturated rings. The summed E-state index contributed by atoms with van der Waals surface area (Å²) in [6.07, 6.45) is 1.33. The van der Waals surface area contributed by atoms with Gasteiger partial charge in [0.15, 0.2) is 0 Å². The Morgan fingerprint density at radius 2 is 2.22 bits per heavy atom. The van der Waals surface area contributed by atoms with Crippen LogP contribution in [0.3, 0.4) is 0 Å². The molecule has 5 heteroatoms. The fraction of sp³-hybridized carbons (Fsp3) is 0.846. The van der Waals surface area contributed by atoms with Crippen LogP contribution in [0.4, 0.5) is 0 Å². The van der Waals surface area contributed by atoms with Gasteiger partial charge in [-0.2, -0.15) is 5.26 Å². The number of aliphatic hydroxyl groups excluding tert-OH is 1. The zero-order chi connectivity index (χ0) is 13.6. The summed E-state index contributed by atoms with van der Waals surface area (Å²) < 4.78 is 5.16. The average Bonchev–Trinajstić information content (AvgIpc) is 2.34. The summed E-state index contributed by atoms with van der Waals surface area (Å²) in [5, 5.41) is 17.8. The van der Waals surface area contributed by atoms with E-state index in [2.05, 4.69) is 13.0 Å². The second-order valence-electron chi connectivity index (χ2n) is 4.93. The van der Waals surface area contributed by atoms with Crippen molar-refractivity contribution < 1.29 is 14.6 Å².